The van der Waals surface area contributed by atoms with Crippen LogP contribution in [-0.2, 0) is 14.8 Å². The average molecular weight is 292 g/mol. The molecule has 0 aliphatic rings. The first-order valence-electron chi connectivity index (χ1n) is 4.78. The van der Waals surface area contributed by atoms with Crippen LogP contribution in [0, 0.1) is 0 Å². The van der Waals surface area contributed by atoms with Crippen molar-refractivity contribution in [3.63, 3.8) is 0 Å². The van der Waals surface area contributed by atoms with Crippen molar-refractivity contribution in [3.8, 4) is 0 Å². The van der Waals surface area contributed by atoms with Crippen molar-refractivity contribution in [1.82, 2.24) is 9.62 Å². The monoisotopic (exact) mass is 292 g/mol. The standard InChI is InChI=1S/C9H12N2O5S2/c1-10-7(12)5-11(2)18(15,16)6-3-4-17-8(6)9(13)14/h3-4H,5H2,1-2H3,(H,10,12)(H,13,14). The molecule has 0 spiro atoms. The van der Waals surface area contributed by atoms with Crippen LogP contribution in [0.4, 0.5) is 0 Å². The number of hydrogen-bond donors (Lipinski definition) is 2. The van der Waals surface area contributed by atoms with Crippen molar-refractivity contribution in [3.05, 3.63) is 16.3 Å². The van der Waals surface area contributed by atoms with Crippen molar-refractivity contribution in [2.24, 2.45) is 0 Å². The molecule has 0 atom stereocenters. The molecule has 0 aliphatic carbocycles. The lowest BCUT2D eigenvalue weighted by atomic mass is 10.5. The van der Waals surface area contributed by atoms with E-state index in [0.29, 0.717) is 0 Å². The molecule has 100 valence electrons. The molecule has 0 unspecified atom stereocenters. The minimum absolute atomic E-state index is 0.265. The van der Waals surface area contributed by atoms with E-state index in [9.17, 15) is 18.0 Å². The molecule has 0 saturated heterocycles. The molecule has 7 nitrogen and oxygen atoms in total. The molecule has 0 aliphatic heterocycles. The first-order chi connectivity index (χ1) is 8.30. The van der Waals surface area contributed by atoms with Gasteiger partial charge in [-0.25, -0.2) is 13.2 Å². The number of sulfonamides is 1. The molecule has 1 rings (SSSR count). The van der Waals surface area contributed by atoms with Gasteiger partial charge in [0.2, 0.25) is 15.9 Å². The average Bonchev–Trinajstić information content (AvgIpc) is 2.78. The Balaban J connectivity index is 3.10. The number of hydrogen-bond acceptors (Lipinski definition) is 5. The lowest BCUT2D eigenvalue weighted by molar-refractivity contribution is -0.120. The maximum Gasteiger partial charge on any atom is 0.347 e. The third kappa shape index (κ3) is 2.86. The van der Waals surface area contributed by atoms with Gasteiger partial charge in [0.15, 0.2) is 0 Å². The first kappa shape index (κ1) is 14.6. The van der Waals surface area contributed by atoms with Crippen LogP contribution in [-0.4, -0.2) is 50.3 Å². The van der Waals surface area contributed by atoms with Gasteiger partial charge in [-0.05, 0) is 11.4 Å². The number of nitrogens with one attached hydrogen (secondary N) is 1. The normalized spacial score (nSPS) is 11.5. The van der Waals surface area contributed by atoms with Gasteiger partial charge in [-0.3, -0.25) is 4.79 Å². The highest BCUT2D eigenvalue weighted by Gasteiger charge is 2.28. The fourth-order valence-corrected chi connectivity index (χ4v) is 3.55. The summed E-state index contributed by atoms with van der Waals surface area (Å²) in [6, 6.07) is 1.21. The summed E-state index contributed by atoms with van der Waals surface area (Å²) in [5.74, 6) is -1.79. The molecule has 1 heterocycles. The molecule has 0 bridgehead atoms. The van der Waals surface area contributed by atoms with Gasteiger partial charge in [0.05, 0.1) is 6.54 Å². The topological polar surface area (TPSA) is 104 Å². The molecule has 0 aromatic carbocycles. The van der Waals surface area contributed by atoms with Crippen LogP contribution < -0.4 is 5.32 Å². The summed E-state index contributed by atoms with van der Waals surface area (Å²) in [6.45, 7) is -0.367. The lowest BCUT2D eigenvalue weighted by Gasteiger charge is -2.15. The van der Waals surface area contributed by atoms with Crippen molar-refractivity contribution < 1.29 is 23.1 Å². The molecule has 9 heteroatoms. The van der Waals surface area contributed by atoms with Gasteiger partial charge >= 0.3 is 5.97 Å². The number of amides is 1. The van der Waals surface area contributed by atoms with Gasteiger partial charge < -0.3 is 10.4 Å². The SMILES string of the molecule is CNC(=O)CN(C)S(=O)(=O)c1ccsc1C(=O)O. The van der Waals surface area contributed by atoms with E-state index in [0.717, 1.165) is 15.6 Å². The summed E-state index contributed by atoms with van der Waals surface area (Å²) in [4.78, 5) is 21.4. The summed E-state index contributed by atoms with van der Waals surface area (Å²) < 4.78 is 24.9. The molecule has 0 saturated carbocycles. The van der Waals surface area contributed by atoms with Crippen LogP contribution in [0.5, 0.6) is 0 Å². The van der Waals surface area contributed by atoms with E-state index in [4.69, 9.17) is 5.11 Å². The Morgan fingerprint density at radius 3 is 2.61 bits per heavy atom. The summed E-state index contributed by atoms with van der Waals surface area (Å²) in [7, 11) is -1.37. The molecule has 1 aromatic rings. The maximum absolute atomic E-state index is 12.1. The second-order valence-electron chi connectivity index (χ2n) is 3.35. The fraction of sp³-hybridized carbons (Fsp3) is 0.333. The maximum atomic E-state index is 12.1. The molecule has 0 radical (unpaired) electrons. The Morgan fingerprint density at radius 2 is 2.11 bits per heavy atom. The number of thiophene rings is 1. The van der Waals surface area contributed by atoms with Crippen LogP contribution in [0.2, 0.25) is 0 Å². The molecule has 1 amide bonds. The highest BCUT2D eigenvalue weighted by molar-refractivity contribution is 7.89. The Bertz CT molecular complexity index is 563. The van der Waals surface area contributed by atoms with Crippen LogP contribution in [0.1, 0.15) is 9.67 Å². The summed E-state index contributed by atoms with van der Waals surface area (Å²) in [5.41, 5.74) is 0. The predicted octanol–water partition coefficient (Wildman–Crippen LogP) is -0.187. The van der Waals surface area contributed by atoms with Crippen LogP contribution in [0.3, 0.4) is 0 Å². The second kappa shape index (κ2) is 5.46. The zero-order valence-electron chi connectivity index (χ0n) is 9.71. The number of carboxylic acids is 1. The fourth-order valence-electron chi connectivity index (χ4n) is 1.19. The van der Waals surface area contributed by atoms with Gasteiger partial charge in [0.25, 0.3) is 0 Å². The van der Waals surface area contributed by atoms with E-state index in [1.54, 1.807) is 0 Å². The number of carbonyl (C=O) groups excluding carboxylic acids is 1. The number of rotatable bonds is 5. The van der Waals surface area contributed by atoms with Crippen LogP contribution >= 0.6 is 11.3 Å². The number of carbonyl (C=O) groups is 2. The summed E-state index contributed by atoms with van der Waals surface area (Å²) in [5, 5.41) is 12.5. The highest BCUT2D eigenvalue weighted by atomic mass is 32.2. The zero-order chi connectivity index (χ0) is 13.9. The van der Waals surface area contributed by atoms with Gasteiger partial charge in [-0.15, -0.1) is 11.3 Å². The smallest absolute Gasteiger partial charge is 0.347 e. The molecule has 2 N–H and O–H groups in total. The largest absolute Gasteiger partial charge is 0.477 e. The van der Waals surface area contributed by atoms with E-state index in [2.05, 4.69) is 5.32 Å². The van der Waals surface area contributed by atoms with E-state index in [-0.39, 0.29) is 16.3 Å². The Morgan fingerprint density at radius 1 is 1.50 bits per heavy atom. The lowest BCUT2D eigenvalue weighted by Crippen LogP contribution is -2.37. The Kier molecular flexibility index (Phi) is 4.43. The van der Waals surface area contributed by atoms with E-state index >= 15 is 0 Å². The number of likely N-dealkylation sites (N-methyl/N-ethyl adjacent to an activating group) is 2. The predicted molar refractivity (Wildman–Crippen MR) is 65.2 cm³/mol. The molecular weight excluding hydrogens is 280 g/mol. The van der Waals surface area contributed by atoms with E-state index < -0.39 is 21.9 Å². The molecule has 1 aromatic heterocycles. The zero-order valence-corrected chi connectivity index (χ0v) is 11.3. The third-order valence-corrected chi connectivity index (χ3v) is 5.03. The third-order valence-electron chi connectivity index (χ3n) is 2.16. The minimum atomic E-state index is -3.97. The molecule has 0 fully saturated rings. The Labute approximate surface area is 108 Å². The summed E-state index contributed by atoms with van der Waals surface area (Å²) >= 11 is 0.821. The number of aromatic carboxylic acids is 1. The van der Waals surface area contributed by atoms with E-state index in [1.807, 2.05) is 0 Å². The number of nitrogens with zero attached hydrogens (tertiary/aromatic N) is 1. The first-order valence-corrected chi connectivity index (χ1v) is 7.10. The van der Waals surface area contributed by atoms with Gasteiger partial charge in [-0.2, -0.15) is 4.31 Å². The van der Waals surface area contributed by atoms with E-state index in [1.165, 1.54) is 25.5 Å². The minimum Gasteiger partial charge on any atom is -0.477 e. The highest BCUT2D eigenvalue weighted by Crippen LogP contribution is 2.24. The number of carboxylic acid groups (broad SMARTS) is 1. The van der Waals surface area contributed by atoms with Gasteiger partial charge in [0.1, 0.15) is 9.77 Å². The van der Waals surface area contributed by atoms with Crippen molar-refractivity contribution in [1.29, 1.82) is 0 Å². The van der Waals surface area contributed by atoms with Crippen molar-refractivity contribution >= 4 is 33.2 Å². The van der Waals surface area contributed by atoms with Gasteiger partial charge in [0, 0.05) is 14.1 Å². The molecular formula is C9H12N2O5S2. The van der Waals surface area contributed by atoms with Crippen LogP contribution in [0.15, 0.2) is 16.3 Å². The quantitative estimate of drug-likeness (QED) is 0.783. The summed E-state index contributed by atoms with van der Waals surface area (Å²) in [6.07, 6.45) is 0. The van der Waals surface area contributed by atoms with Gasteiger partial charge in [-0.1, -0.05) is 0 Å². The van der Waals surface area contributed by atoms with Crippen molar-refractivity contribution in [2.75, 3.05) is 20.6 Å². The van der Waals surface area contributed by atoms with Crippen LogP contribution in [0.25, 0.3) is 0 Å². The second-order valence-corrected chi connectivity index (χ2v) is 6.28. The molecule has 18 heavy (non-hydrogen) atoms. The van der Waals surface area contributed by atoms with Crippen molar-refractivity contribution in [2.45, 2.75) is 4.90 Å². The Hall–Kier alpha value is -1.45.